The summed E-state index contributed by atoms with van der Waals surface area (Å²) in [6, 6.07) is 5.62. The standard InChI is InChI=1S/C13H8F5N/c14-10-6-11(15)12(19)5-9(10)7-2-1-3-8(4-7)13(16,17)18/h1-6H,19H2. The molecule has 6 heteroatoms. The smallest absolute Gasteiger partial charge is 0.396 e. The van der Waals surface area contributed by atoms with Crippen molar-refractivity contribution in [2.75, 3.05) is 5.73 Å². The Kier molecular flexibility index (Phi) is 3.18. The van der Waals surface area contributed by atoms with E-state index in [2.05, 4.69) is 0 Å². The summed E-state index contributed by atoms with van der Waals surface area (Å²) >= 11 is 0. The van der Waals surface area contributed by atoms with E-state index < -0.39 is 23.4 Å². The zero-order valence-electron chi connectivity index (χ0n) is 9.43. The molecule has 0 saturated heterocycles. The minimum Gasteiger partial charge on any atom is -0.396 e. The molecule has 0 radical (unpaired) electrons. The topological polar surface area (TPSA) is 26.0 Å². The molecule has 2 aromatic carbocycles. The van der Waals surface area contributed by atoms with Gasteiger partial charge in [0.25, 0.3) is 0 Å². The number of alkyl halides is 3. The summed E-state index contributed by atoms with van der Waals surface area (Å²) in [6.07, 6.45) is -4.53. The lowest BCUT2D eigenvalue weighted by Gasteiger charge is -2.10. The van der Waals surface area contributed by atoms with E-state index in [4.69, 9.17) is 5.73 Å². The van der Waals surface area contributed by atoms with E-state index in [0.29, 0.717) is 6.07 Å². The van der Waals surface area contributed by atoms with Crippen LogP contribution in [-0.4, -0.2) is 0 Å². The van der Waals surface area contributed by atoms with Gasteiger partial charge in [-0.2, -0.15) is 13.2 Å². The molecule has 0 bridgehead atoms. The van der Waals surface area contributed by atoms with Gasteiger partial charge in [0.1, 0.15) is 11.6 Å². The fraction of sp³-hybridized carbons (Fsp3) is 0.0769. The number of hydrogen-bond donors (Lipinski definition) is 1. The highest BCUT2D eigenvalue weighted by Crippen LogP contribution is 2.33. The molecule has 0 amide bonds. The number of anilines is 1. The molecule has 0 aliphatic carbocycles. The summed E-state index contributed by atoms with van der Waals surface area (Å²) in [4.78, 5) is 0. The van der Waals surface area contributed by atoms with Crippen molar-refractivity contribution < 1.29 is 22.0 Å². The highest BCUT2D eigenvalue weighted by molar-refractivity contribution is 5.69. The van der Waals surface area contributed by atoms with Gasteiger partial charge in [-0.15, -0.1) is 0 Å². The molecule has 2 rings (SSSR count). The van der Waals surface area contributed by atoms with Crippen molar-refractivity contribution in [1.29, 1.82) is 0 Å². The summed E-state index contributed by atoms with van der Waals surface area (Å²) in [6.45, 7) is 0. The van der Waals surface area contributed by atoms with E-state index in [0.717, 1.165) is 24.3 Å². The predicted molar refractivity (Wildman–Crippen MR) is 61.2 cm³/mol. The van der Waals surface area contributed by atoms with Crippen LogP contribution in [0.2, 0.25) is 0 Å². The Balaban J connectivity index is 2.57. The Morgan fingerprint density at radius 2 is 1.58 bits per heavy atom. The van der Waals surface area contributed by atoms with Crippen LogP contribution >= 0.6 is 0 Å². The fourth-order valence-electron chi connectivity index (χ4n) is 1.65. The van der Waals surface area contributed by atoms with Gasteiger partial charge in [-0.1, -0.05) is 12.1 Å². The zero-order valence-corrected chi connectivity index (χ0v) is 9.43. The molecule has 0 saturated carbocycles. The van der Waals surface area contributed by atoms with Gasteiger partial charge in [0, 0.05) is 11.6 Å². The lowest BCUT2D eigenvalue weighted by atomic mass is 10.0. The van der Waals surface area contributed by atoms with Gasteiger partial charge in [-0.25, -0.2) is 8.78 Å². The lowest BCUT2D eigenvalue weighted by Crippen LogP contribution is -2.04. The second-order valence-electron chi connectivity index (χ2n) is 3.93. The van der Waals surface area contributed by atoms with Crippen molar-refractivity contribution >= 4 is 5.69 Å². The third-order valence-electron chi connectivity index (χ3n) is 2.59. The summed E-state index contributed by atoms with van der Waals surface area (Å²) in [5.41, 5.74) is 3.86. The molecule has 0 aliphatic heterocycles. The van der Waals surface area contributed by atoms with Gasteiger partial charge in [0.15, 0.2) is 0 Å². The van der Waals surface area contributed by atoms with Crippen LogP contribution in [0.3, 0.4) is 0 Å². The summed E-state index contributed by atoms with van der Waals surface area (Å²) < 4.78 is 64.2. The maximum absolute atomic E-state index is 13.6. The largest absolute Gasteiger partial charge is 0.416 e. The van der Waals surface area contributed by atoms with Crippen LogP contribution in [0.15, 0.2) is 36.4 Å². The van der Waals surface area contributed by atoms with Crippen LogP contribution in [0.25, 0.3) is 11.1 Å². The summed E-state index contributed by atoms with van der Waals surface area (Å²) in [5.74, 6) is -1.92. The van der Waals surface area contributed by atoms with Gasteiger partial charge in [0.2, 0.25) is 0 Å². The van der Waals surface area contributed by atoms with Crippen LogP contribution < -0.4 is 5.73 Å². The Morgan fingerprint density at radius 3 is 2.21 bits per heavy atom. The minimum atomic E-state index is -4.53. The third-order valence-corrected chi connectivity index (χ3v) is 2.59. The Bertz CT molecular complexity index is 619. The summed E-state index contributed by atoms with van der Waals surface area (Å²) in [5, 5.41) is 0. The molecule has 2 N–H and O–H groups in total. The molecule has 0 spiro atoms. The van der Waals surface area contributed by atoms with Crippen molar-refractivity contribution in [3.63, 3.8) is 0 Å². The lowest BCUT2D eigenvalue weighted by molar-refractivity contribution is -0.137. The van der Waals surface area contributed by atoms with E-state index in [9.17, 15) is 22.0 Å². The first-order chi connectivity index (χ1) is 8.79. The SMILES string of the molecule is Nc1cc(-c2cccc(C(F)(F)F)c2)c(F)cc1F. The van der Waals surface area contributed by atoms with E-state index in [1.54, 1.807) is 0 Å². The Hall–Kier alpha value is -2.11. The van der Waals surface area contributed by atoms with E-state index >= 15 is 0 Å². The van der Waals surface area contributed by atoms with Crippen molar-refractivity contribution in [3.8, 4) is 11.1 Å². The molecule has 0 atom stereocenters. The average molecular weight is 273 g/mol. The van der Waals surface area contributed by atoms with E-state index in [1.807, 2.05) is 0 Å². The number of rotatable bonds is 1. The minimum absolute atomic E-state index is 0.0148. The molecule has 0 aromatic heterocycles. The first-order valence-corrected chi connectivity index (χ1v) is 5.21. The molecule has 1 nitrogen and oxygen atoms in total. The van der Waals surface area contributed by atoms with Gasteiger partial charge >= 0.3 is 6.18 Å². The first kappa shape index (κ1) is 13.3. The molecule has 0 aliphatic rings. The molecule has 2 aromatic rings. The fourth-order valence-corrected chi connectivity index (χ4v) is 1.65. The van der Waals surface area contributed by atoms with Gasteiger partial charge in [-0.05, 0) is 23.8 Å². The molecular weight excluding hydrogens is 265 g/mol. The van der Waals surface area contributed by atoms with Crippen LogP contribution in [0.4, 0.5) is 27.6 Å². The predicted octanol–water partition coefficient (Wildman–Crippen LogP) is 4.23. The first-order valence-electron chi connectivity index (χ1n) is 5.21. The second-order valence-corrected chi connectivity index (χ2v) is 3.93. The maximum atomic E-state index is 13.6. The second kappa shape index (κ2) is 4.53. The van der Waals surface area contributed by atoms with E-state index in [1.165, 1.54) is 6.07 Å². The van der Waals surface area contributed by atoms with Crippen molar-refractivity contribution in [1.82, 2.24) is 0 Å². The highest BCUT2D eigenvalue weighted by atomic mass is 19.4. The third kappa shape index (κ3) is 2.67. The van der Waals surface area contributed by atoms with Crippen molar-refractivity contribution in [3.05, 3.63) is 53.6 Å². The van der Waals surface area contributed by atoms with Crippen molar-refractivity contribution in [2.24, 2.45) is 0 Å². The highest BCUT2D eigenvalue weighted by Gasteiger charge is 2.30. The number of nitrogen functional groups attached to an aromatic ring is 1. The van der Waals surface area contributed by atoms with Gasteiger partial charge < -0.3 is 5.73 Å². The van der Waals surface area contributed by atoms with Crippen LogP contribution in [0.1, 0.15) is 5.56 Å². The number of nitrogens with two attached hydrogens (primary N) is 1. The normalized spacial score (nSPS) is 11.6. The van der Waals surface area contributed by atoms with Crippen molar-refractivity contribution in [2.45, 2.75) is 6.18 Å². The van der Waals surface area contributed by atoms with Crippen LogP contribution in [-0.2, 0) is 6.18 Å². The Labute approximate surface area is 105 Å². The van der Waals surface area contributed by atoms with E-state index in [-0.39, 0.29) is 16.8 Å². The Morgan fingerprint density at radius 1 is 0.895 bits per heavy atom. The van der Waals surface area contributed by atoms with Crippen LogP contribution in [0.5, 0.6) is 0 Å². The number of hydrogen-bond acceptors (Lipinski definition) is 1. The molecule has 0 unspecified atom stereocenters. The maximum Gasteiger partial charge on any atom is 0.416 e. The summed E-state index contributed by atoms with van der Waals surface area (Å²) in [7, 11) is 0. The zero-order chi connectivity index (χ0) is 14.2. The molecule has 19 heavy (non-hydrogen) atoms. The monoisotopic (exact) mass is 273 g/mol. The number of benzene rings is 2. The van der Waals surface area contributed by atoms with Gasteiger partial charge in [-0.3, -0.25) is 0 Å². The molecule has 0 fully saturated rings. The molecule has 0 heterocycles. The van der Waals surface area contributed by atoms with Gasteiger partial charge in [0.05, 0.1) is 11.3 Å². The number of halogens is 5. The van der Waals surface area contributed by atoms with Crippen LogP contribution in [0, 0.1) is 11.6 Å². The molecule has 100 valence electrons. The molecular formula is C13H8F5N. The average Bonchev–Trinajstić information content (AvgIpc) is 2.33. The quantitative estimate of drug-likeness (QED) is 0.610.